The lowest BCUT2D eigenvalue weighted by Crippen LogP contribution is -2.04. The third-order valence-electron chi connectivity index (χ3n) is 1.84. The summed E-state index contributed by atoms with van der Waals surface area (Å²) >= 11 is 3.40. The monoisotopic (exact) mass is 316 g/mol. The van der Waals surface area contributed by atoms with Crippen molar-refractivity contribution in [3.63, 3.8) is 0 Å². The number of methoxy groups -OCH3 is 1. The maximum absolute atomic E-state index is 5.58. The molecule has 1 aromatic rings. The second-order valence-corrected chi connectivity index (χ2v) is 3.53. The Balaban J connectivity index is 0. The Bertz CT molecular complexity index is 310. The van der Waals surface area contributed by atoms with Crippen LogP contribution < -0.4 is 16.2 Å². The minimum absolute atomic E-state index is 0. The van der Waals surface area contributed by atoms with Gasteiger partial charge >= 0.3 is 0 Å². The van der Waals surface area contributed by atoms with E-state index in [1.165, 1.54) is 0 Å². The molecular weight excluding hydrogens is 303 g/mol. The van der Waals surface area contributed by atoms with Gasteiger partial charge in [0.2, 0.25) is 0 Å². The average Bonchev–Trinajstić information content (AvgIpc) is 2.16. The molecule has 0 heterocycles. The second kappa shape index (κ2) is 8.19. The molecule has 0 aliphatic rings. The third-order valence-corrected chi connectivity index (χ3v) is 2.43. The molecule has 6 heteroatoms. The van der Waals surface area contributed by atoms with Gasteiger partial charge in [-0.15, -0.1) is 24.8 Å². The molecule has 0 saturated carbocycles. The highest BCUT2D eigenvalue weighted by molar-refractivity contribution is 9.10. The minimum Gasteiger partial charge on any atom is -0.495 e. The van der Waals surface area contributed by atoms with Gasteiger partial charge in [0.1, 0.15) is 5.75 Å². The van der Waals surface area contributed by atoms with Crippen LogP contribution >= 0.6 is 40.7 Å². The van der Waals surface area contributed by atoms with Crippen LogP contribution in [-0.2, 0) is 13.1 Å². The fourth-order valence-electron chi connectivity index (χ4n) is 1.21. The van der Waals surface area contributed by atoms with Crippen molar-refractivity contribution in [3.8, 4) is 5.75 Å². The second-order valence-electron chi connectivity index (χ2n) is 2.68. The first-order valence-corrected chi connectivity index (χ1v) is 4.77. The summed E-state index contributed by atoms with van der Waals surface area (Å²) in [7, 11) is 1.63. The zero-order valence-electron chi connectivity index (χ0n) is 8.33. The topological polar surface area (TPSA) is 61.3 Å². The van der Waals surface area contributed by atoms with Crippen LogP contribution in [0.1, 0.15) is 11.1 Å². The highest BCUT2D eigenvalue weighted by atomic mass is 79.9. The van der Waals surface area contributed by atoms with Crippen LogP contribution in [0.5, 0.6) is 5.75 Å². The van der Waals surface area contributed by atoms with E-state index in [0.29, 0.717) is 13.1 Å². The van der Waals surface area contributed by atoms with Gasteiger partial charge in [0, 0.05) is 18.7 Å². The molecule has 0 saturated heterocycles. The Labute approximate surface area is 110 Å². The van der Waals surface area contributed by atoms with E-state index >= 15 is 0 Å². The molecule has 1 rings (SSSR count). The van der Waals surface area contributed by atoms with Crippen LogP contribution in [0, 0.1) is 0 Å². The first kappa shape index (κ1) is 17.4. The Morgan fingerprint density at radius 2 is 1.80 bits per heavy atom. The molecule has 0 aliphatic carbocycles. The van der Waals surface area contributed by atoms with Crippen LogP contribution in [0.25, 0.3) is 0 Å². The van der Waals surface area contributed by atoms with Crippen molar-refractivity contribution in [2.45, 2.75) is 13.1 Å². The van der Waals surface area contributed by atoms with Crippen LogP contribution in [0.3, 0.4) is 0 Å². The maximum Gasteiger partial charge on any atom is 0.137 e. The summed E-state index contributed by atoms with van der Waals surface area (Å²) in [6.07, 6.45) is 0. The first-order valence-electron chi connectivity index (χ1n) is 3.98. The molecule has 15 heavy (non-hydrogen) atoms. The standard InChI is InChI=1S/C9H13BrN2O.2ClH/c1-13-9-7(5-12)2-6(4-11)3-8(9)10;;/h2-3H,4-5,11-12H2,1H3;2*1H. The lowest BCUT2D eigenvalue weighted by Gasteiger charge is -2.10. The lowest BCUT2D eigenvalue weighted by atomic mass is 10.1. The van der Waals surface area contributed by atoms with E-state index in [-0.39, 0.29) is 24.8 Å². The number of halogens is 3. The highest BCUT2D eigenvalue weighted by Crippen LogP contribution is 2.30. The zero-order chi connectivity index (χ0) is 9.84. The van der Waals surface area contributed by atoms with Crippen molar-refractivity contribution in [3.05, 3.63) is 27.7 Å². The molecule has 3 nitrogen and oxygen atoms in total. The summed E-state index contributed by atoms with van der Waals surface area (Å²) in [5.41, 5.74) is 13.1. The van der Waals surface area contributed by atoms with E-state index in [1.807, 2.05) is 12.1 Å². The SMILES string of the molecule is COc1c(Br)cc(CN)cc1CN.Cl.Cl. The van der Waals surface area contributed by atoms with Crippen molar-refractivity contribution < 1.29 is 4.74 Å². The largest absolute Gasteiger partial charge is 0.495 e. The van der Waals surface area contributed by atoms with Gasteiger partial charge in [-0.25, -0.2) is 0 Å². The van der Waals surface area contributed by atoms with Gasteiger partial charge in [0.15, 0.2) is 0 Å². The molecule has 0 aliphatic heterocycles. The van der Waals surface area contributed by atoms with Crippen molar-refractivity contribution in [2.24, 2.45) is 11.5 Å². The number of hydrogen-bond acceptors (Lipinski definition) is 3. The predicted molar refractivity (Wildman–Crippen MR) is 71.0 cm³/mol. The maximum atomic E-state index is 5.58. The molecule has 0 amide bonds. The summed E-state index contributed by atoms with van der Waals surface area (Å²) in [6, 6.07) is 3.90. The Morgan fingerprint density at radius 1 is 1.20 bits per heavy atom. The van der Waals surface area contributed by atoms with Crippen molar-refractivity contribution in [2.75, 3.05) is 7.11 Å². The molecule has 4 N–H and O–H groups in total. The Kier molecular flexibility index (Phi) is 9.49. The number of nitrogens with two attached hydrogens (primary N) is 2. The molecule has 0 atom stereocenters. The van der Waals surface area contributed by atoms with Gasteiger partial charge in [-0.05, 0) is 33.6 Å². The lowest BCUT2D eigenvalue weighted by molar-refractivity contribution is 0.407. The van der Waals surface area contributed by atoms with Gasteiger partial charge in [-0.2, -0.15) is 0 Å². The molecule has 1 aromatic carbocycles. The number of hydrogen-bond donors (Lipinski definition) is 2. The van der Waals surface area contributed by atoms with E-state index in [2.05, 4.69) is 15.9 Å². The zero-order valence-corrected chi connectivity index (χ0v) is 11.5. The molecule has 88 valence electrons. The van der Waals surface area contributed by atoms with Gasteiger partial charge in [0.05, 0.1) is 11.6 Å². The van der Waals surface area contributed by atoms with Crippen LogP contribution in [0.15, 0.2) is 16.6 Å². The average molecular weight is 318 g/mol. The molecule has 0 spiro atoms. The predicted octanol–water partition coefficient (Wildman–Crippen LogP) is 2.22. The Hall–Kier alpha value is -0.000000000000000111. The summed E-state index contributed by atoms with van der Waals surface area (Å²) in [6.45, 7) is 0.963. The number of rotatable bonds is 3. The summed E-state index contributed by atoms with van der Waals surface area (Å²) in [4.78, 5) is 0. The first-order chi connectivity index (χ1) is 6.22. The molecule has 0 unspecified atom stereocenters. The van der Waals surface area contributed by atoms with Gasteiger partial charge in [0.25, 0.3) is 0 Å². The van der Waals surface area contributed by atoms with Crippen molar-refractivity contribution >= 4 is 40.7 Å². The number of ether oxygens (including phenoxy) is 1. The van der Waals surface area contributed by atoms with Crippen LogP contribution in [-0.4, -0.2) is 7.11 Å². The third kappa shape index (κ3) is 4.17. The van der Waals surface area contributed by atoms with Crippen LogP contribution in [0.4, 0.5) is 0 Å². The van der Waals surface area contributed by atoms with Crippen LogP contribution in [0.2, 0.25) is 0 Å². The fourth-order valence-corrected chi connectivity index (χ4v) is 1.92. The van der Waals surface area contributed by atoms with Gasteiger partial charge in [-0.3, -0.25) is 0 Å². The highest BCUT2D eigenvalue weighted by Gasteiger charge is 2.07. The van der Waals surface area contributed by atoms with E-state index in [4.69, 9.17) is 16.2 Å². The van der Waals surface area contributed by atoms with Gasteiger partial charge < -0.3 is 16.2 Å². The van der Waals surface area contributed by atoms with Crippen molar-refractivity contribution in [1.82, 2.24) is 0 Å². The minimum atomic E-state index is 0. The molecular formula is C9H15BrCl2N2O. The molecule has 0 aromatic heterocycles. The van der Waals surface area contributed by atoms with E-state index < -0.39 is 0 Å². The summed E-state index contributed by atoms with van der Waals surface area (Å²) in [5, 5.41) is 0. The quantitative estimate of drug-likeness (QED) is 0.898. The van der Waals surface area contributed by atoms with E-state index in [0.717, 1.165) is 21.3 Å². The molecule has 0 radical (unpaired) electrons. The van der Waals surface area contributed by atoms with E-state index in [9.17, 15) is 0 Å². The number of benzene rings is 1. The van der Waals surface area contributed by atoms with Crippen molar-refractivity contribution in [1.29, 1.82) is 0 Å². The smallest absolute Gasteiger partial charge is 0.137 e. The van der Waals surface area contributed by atoms with Gasteiger partial charge in [-0.1, -0.05) is 0 Å². The van der Waals surface area contributed by atoms with E-state index in [1.54, 1.807) is 7.11 Å². The Morgan fingerprint density at radius 3 is 2.20 bits per heavy atom. The normalized spacial score (nSPS) is 8.80. The summed E-state index contributed by atoms with van der Waals surface area (Å²) in [5.74, 6) is 0.791. The molecule has 0 bridgehead atoms. The summed E-state index contributed by atoms with van der Waals surface area (Å²) < 4.78 is 6.10. The fraction of sp³-hybridized carbons (Fsp3) is 0.333. The molecule has 0 fully saturated rings.